The molecule has 0 saturated carbocycles. The van der Waals surface area contributed by atoms with Crippen molar-refractivity contribution < 1.29 is 9.84 Å². The topological polar surface area (TPSA) is 42.4 Å². The molecule has 0 spiro atoms. The van der Waals surface area contributed by atoms with Crippen LogP contribution in [0, 0.1) is 0 Å². The molecule has 1 aromatic rings. The van der Waals surface area contributed by atoms with Crippen LogP contribution in [-0.2, 0) is 11.2 Å². The largest absolute Gasteiger partial charge is 0.390 e. The van der Waals surface area contributed by atoms with E-state index in [0.29, 0.717) is 13.0 Å². The van der Waals surface area contributed by atoms with Gasteiger partial charge in [-0.1, -0.05) is 0 Å². The Hall–Kier alpha value is -0.450. The van der Waals surface area contributed by atoms with Gasteiger partial charge >= 0.3 is 0 Å². The van der Waals surface area contributed by atoms with E-state index in [4.69, 9.17) is 4.74 Å². The number of rotatable bonds is 5. The van der Waals surface area contributed by atoms with E-state index in [9.17, 15) is 5.11 Å². The van der Waals surface area contributed by atoms with Crippen LogP contribution < -0.4 is 0 Å². The maximum Gasteiger partial charge on any atom is 0.0951 e. The average molecular weight is 215 g/mol. The van der Waals surface area contributed by atoms with Crippen molar-refractivity contribution in [3.63, 3.8) is 0 Å². The zero-order valence-electron chi connectivity index (χ0n) is 8.86. The van der Waals surface area contributed by atoms with Gasteiger partial charge in [0.25, 0.3) is 0 Å². The van der Waals surface area contributed by atoms with Crippen LogP contribution in [0.15, 0.2) is 11.6 Å². The van der Waals surface area contributed by atoms with Crippen molar-refractivity contribution in [3.05, 3.63) is 16.6 Å². The first kappa shape index (κ1) is 11.6. The molecule has 0 aliphatic heterocycles. The molecule has 1 N–H and O–H groups in total. The number of hydrogen-bond donors (Lipinski definition) is 1. The molecule has 1 aromatic heterocycles. The third-order valence-corrected chi connectivity index (χ3v) is 2.97. The molecule has 0 bridgehead atoms. The lowest BCUT2D eigenvalue weighted by Gasteiger charge is -2.29. The second-order valence-electron chi connectivity index (χ2n) is 3.68. The van der Waals surface area contributed by atoms with Gasteiger partial charge in [0, 0.05) is 24.6 Å². The Labute approximate surface area is 88.8 Å². The fourth-order valence-corrected chi connectivity index (χ4v) is 1.89. The highest BCUT2D eigenvalue weighted by Gasteiger charge is 2.28. The van der Waals surface area contributed by atoms with Gasteiger partial charge in [-0.2, -0.15) is 0 Å². The van der Waals surface area contributed by atoms with Gasteiger partial charge in [0.05, 0.1) is 16.7 Å². The van der Waals surface area contributed by atoms with Gasteiger partial charge in [0.2, 0.25) is 0 Å². The molecule has 80 valence electrons. The van der Waals surface area contributed by atoms with Gasteiger partial charge in [-0.05, 0) is 20.8 Å². The predicted molar refractivity (Wildman–Crippen MR) is 57.5 cm³/mol. The molecule has 0 aliphatic rings. The smallest absolute Gasteiger partial charge is 0.0951 e. The molecule has 14 heavy (non-hydrogen) atoms. The van der Waals surface area contributed by atoms with Crippen LogP contribution in [-0.4, -0.2) is 28.4 Å². The standard InChI is InChI=1S/C10H17NO2S/c1-4-13-10(2,3)8(12)7-9-11-5-6-14-9/h5-6,8,12H,4,7H2,1-3H3. The quantitative estimate of drug-likeness (QED) is 0.815. The summed E-state index contributed by atoms with van der Waals surface area (Å²) in [5, 5.41) is 12.8. The van der Waals surface area contributed by atoms with Crippen LogP contribution in [0.1, 0.15) is 25.8 Å². The molecule has 1 atom stereocenters. The summed E-state index contributed by atoms with van der Waals surface area (Å²) >= 11 is 1.56. The molecule has 3 nitrogen and oxygen atoms in total. The Balaban J connectivity index is 2.52. The molecule has 0 fully saturated rings. The van der Waals surface area contributed by atoms with E-state index in [1.165, 1.54) is 0 Å². The molecule has 0 saturated heterocycles. The number of ether oxygens (including phenoxy) is 1. The molecule has 0 radical (unpaired) electrons. The summed E-state index contributed by atoms with van der Waals surface area (Å²) < 4.78 is 5.47. The van der Waals surface area contributed by atoms with E-state index >= 15 is 0 Å². The van der Waals surface area contributed by atoms with Crippen molar-refractivity contribution in [1.82, 2.24) is 4.98 Å². The van der Waals surface area contributed by atoms with Crippen LogP contribution in [0.5, 0.6) is 0 Å². The maximum atomic E-state index is 9.92. The van der Waals surface area contributed by atoms with Crippen LogP contribution in [0.2, 0.25) is 0 Å². The number of hydrogen-bond acceptors (Lipinski definition) is 4. The van der Waals surface area contributed by atoms with Crippen molar-refractivity contribution >= 4 is 11.3 Å². The minimum absolute atomic E-state index is 0.500. The Morgan fingerprint density at radius 2 is 2.36 bits per heavy atom. The van der Waals surface area contributed by atoms with Crippen molar-refractivity contribution in [2.75, 3.05) is 6.61 Å². The summed E-state index contributed by atoms with van der Waals surface area (Å²) in [5.74, 6) is 0. The van der Waals surface area contributed by atoms with Gasteiger partial charge in [0.1, 0.15) is 0 Å². The molecule has 0 amide bonds. The number of aromatic nitrogens is 1. The third kappa shape index (κ3) is 3.04. The first-order chi connectivity index (χ1) is 6.56. The summed E-state index contributed by atoms with van der Waals surface area (Å²) in [7, 11) is 0. The molecule has 4 heteroatoms. The fourth-order valence-electron chi connectivity index (χ4n) is 1.23. The third-order valence-electron chi connectivity index (χ3n) is 2.17. The highest BCUT2D eigenvalue weighted by Crippen LogP contribution is 2.19. The lowest BCUT2D eigenvalue weighted by atomic mass is 9.99. The monoisotopic (exact) mass is 215 g/mol. The van der Waals surface area contributed by atoms with Crippen molar-refractivity contribution in [3.8, 4) is 0 Å². The van der Waals surface area contributed by atoms with Crippen LogP contribution in [0.3, 0.4) is 0 Å². The van der Waals surface area contributed by atoms with Crippen molar-refractivity contribution in [1.29, 1.82) is 0 Å². The zero-order chi connectivity index (χ0) is 10.6. The first-order valence-electron chi connectivity index (χ1n) is 4.76. The number of thiazole rings is 1. The van der Waals surface area contributed by atoms with Crippen LogP contribution in [0.4, 0.5) is 0 Å². The van der Waals surface area contributed by atoms with Gasteiger partial charge in [0.15, 0.2) is 0 Å². The highest BCUT2D eigenvalue weighted by atomic mass is 32.1. The maximum absolute atomic E-state index is 9.92. The van der Waals surface area contributed by atoms with E-state index < -0.39 is 11.7 Å². The molecule has 0 aliphatic carbocycles. The highest BCUT2D eigenvalue weighted by molar-refractivity contribution is 7.09. The average Bonchev–Trinajstić information content (AvgIpc) is 2.56. The second-order valence-corrected chi connectivity index (χ2v) is 4.66. The van der Waals surface area contributed by atoms with E-state index in [-0.39, 0.29) is 0 Å². The molecule has 1 unspecified atom stereocenters. The van der Waals surface area contributed by atoms with Crippen LogP contribution >= 0.6 is 11.3 Å². The van der Waals surface area contributed by atoms with Gasteiger partial charge in [-0.15, -0.1) is 11.3 Å². The summed E-state index contributed by atoms with van der Waals surface area (Å²) in [4.78, 5) is 4.13. The summed E-state index contributed by atoms with van der Waals surface area (Å²) in [6.45, 7) is 6.34. The summed E-state index contributed by atoms with van der Waals surface area (Å²) in [6.07, 6.45) is 1.80. The second kappa shape index (κ2) is 4.87. The molecule has 1 rings (SSSR count). The Kier molecular flexibility index (Phi) is 4.04. The summed E-state index contributed by atoms with van der Waals surface area (Å²) in [5.41, 5.74) is -0.500. The number of aliphatic hydroxyl groups excluding tert-OH is 1. The minimum Gasteiger partial charge on any atom is -0.390 e. The van der Waals surface area contributed by atoms with E-state index in [0.717, 1.165) is 5.01 Å². The Bertz CT molecular complexity index is 259. The van der Waals surface area contributed by atoms with Gasteiger partial charge in [-0.25, -0.2) is 4.98 Å². The van der Waals surface area contributed by atoms with Crippen molar-refractivity contribution in [2.24, 2.45) is 0 Å². The number of nitrogens with zero attached hydrogens (tertiary/aromatic N) is 1. The van der Waals surface area contributed by atoms with Crippen molar-refractivity contribution in [2.45, 2.75) is 38.9 Å². The lowest BCUT2D eigenvalue weighted by molar-refractivity contribution is -0.0955. The predicted octanol–water partition coefficient (Wildman–Crippen LogP) is 1.86. The van der Waals surface area contributed by atoms with Crippen LogP contribution in [0.25, 0.3) is 0 Å². The summed E-state index contributed by atoms with van der Waals surface area (Å²) in [6, 6.07) is 0. The minimum atomic E-state index is -0.506. The molecular formula is C10H17NO2S. The molecule has 1 heterocycles. The molecular weight excluding hydrogens is 198 g/mol. The van der Waals surface area contributed by atoms with E-state index in [2.05, 4.69) is 4.98 Å². The number of aliphatic hydroxyl groups is 1. The fraction of sp³-hybridized carbons (Fsp3) is 0.700. The SMILES string of the molecule is CCOC(C)(C)C(O)Cc1nccs1. The van der Waals surface area contributed by atoms with E-state index in [1.54, 1.807) is 17.5 Å². The van der Waals surface area contributed by atoms with E-state index in [1.807, 2.05) is 26.2 Å². The van der Waals surface area contributed by atoms with Gasteiger partial charge in [-0.3, -0.25) is 0 Å². The normalized spacial score (nSPS) is 14.3. The zero-order valence-corrected chi connectivity index (χ0v) is 9.67. The lowest BCUT2D eigenvalue weighted by Crippen LogP contribution is -2.40. The Morgan fingerprint density at radius 1 is 1.64 bits per heavy atom. The molecule has 0 aromatic carbocycles. The first-order valence-corrected chi connectivity index (χ1v) is 5.64. The Morgan fingerprint density at radius 3 is 2.86 bits per heavy atom. The van der Waals surface area contributed by atoms with Gasteiger partial charge < -0.3 is 9.84 Å².